The first-order valence-corrected chi connectivity index (χ1v) is 5.19. The Morgan fingerprint density at radius 3 is 3.27 bits per heavy atom. The molecule has 0 saturated heterocycles. The summed E-state index contributed by atoms with van der Waals surface area (Å²) in [5.74, 6) is -0.126. The van der Waals surface area contributed by atoms with Crippen molar-refractivity contribution in [1.29, 1.82) is 0 Å². The number of nitrogens with zero attached hydrogens (tertiary/aromatic N) is 2. The number of hydrogen-bond acceptors (Lipinski definition) is 6. The fraction of sp³-hybridized carbons (Fsp3) is 0.222. The molecule has 78 valence electrons. The molecule has 0 aliphatic heterocycles. The van der Waals surface area contributed by atoms with Gasteiger partial charge in [-0.15, -0.1) is 0 Å². The second-order valence-corrected chi connectivity index (χ2v) is 3.60. The van der Waals surface area contributed by atoms with Gasteiger partial charge in [-0.2, -0.15) is 4.98 Å². The molecule has 2 aromatic heterocycles. The minimum Gasteiger partial charge on any atom is -0.468 e. The summed E-state index contributed by atoms with van der Waals surface area (Å²) in [7, 11) is 1.34. The lowest BCUT2D eigenvalue weighted by Gasteiger charge is -1.93. The Hall–Kier alpha value is -1.56. The number of esters is 1. The molecule has 0 N–H and O–H groups in total. The number of fused-ring (bicyclic) bond motifs is 1. The number of carbonyl (C=O) groups excluding carboxylic acids is 1. The van der Waals surface area contributed by atoms with Crippen LogP contribution in [0.3, 0.4) is 0 Å². The van der Waals surface area contributed by atoms with Crippen molar-refractivity contribution in [1.82, 2.24) is 9.97 Å². The van der Waals surface area contributed by atoms with Crippen LogP contribution in [0.5, 0.6) is 0 Å². The van der Waals surface area contributed by atoms with Gasteiger partial charge in [0.05, 0.1) is 7.11 Å². The van der Waals surface area contributed by atoms with Gasteiger partial charge in [0.1, 0.15) is 5.75 Å². The summed E-state index contributed by atoms with van der Waals surface area (Å²) < 4.78 is 9.85. The average Bonchev–Trinajstić information content (AvgIpc) is 2.68. The maximum absolute atomic E-state index is 10.9. The van der Waals surface area contributed by atoms with Crippen LogP contribution in [0.1, 0.15) is 0 Å². The van der Waals surface area contributed by atoms with Gasteiger partial charge in [0.15, 0.2) is 11.2 Å². The molecule has 0 amide bonds. The second-order valence-electron chi connectivity index (χ2n) is 2.67. The zero-order chi connectivity index (χ0) is 10.7. The van der Waals surface area contributed by atoms with Crippen LogP contribution >= 0.6 is 11.8 Å². The summed E-state index contributed by atoms with van der Waals surface area (Å²) >= 11 is 1.19. The number of methoxy groups -OCH3 is 1. The highest BCUT2D eigenvalue weighted by molar-refractivity contribution is 7.99. The van der Waals surface area contributed by atoms with Crippen molar-refractivity contribution in [2.24, 2.45) is 0 Å². The lowest BCUT2D eigenvalue weighted by molar-refractivity contribution is -0.137. The molecule has 0 saturated carbocycles. The second kappa shape index (κ2) is 4.31. The van der Waals surface area contributed by atoms with Gasteiger partial charge in [0.2, 0.25) is 0 Å². The Balaban J connectivity index is 2.12. The van der Waals surface area contributed by atoms with Crippen molar-refractivity contribution in [2.75, 3.05) is 12.9 Å². The van der Waals surface area contributed by atoms with Crippen molar-refractivity contribution >= 4 is 29.0 Å². The Labute approximate surface area is 89.8 Å². The van der Waals surface area contributed by atoms with Crippen LogP contribution in [0.15, 0.2) is 28.0 Å². The molecule has 2 aromatic rings. The molecule has 0 aliphatic rings. The molecular weight excluding hydrogens is 216 g/mol. The average molecular weight is 224 g/mol. The smallest absolute Gasteiger partial charge is 0.316 e. The van der Waals surface area contributed by atoms with Gasteiger partial charge < -0.3 is 9.15 Å². The predicted octanol–water partition coefficient (Wildman–Crippen LogP) is 1.49. The van der Waals surface area contributed by atoms with Gasteiger partial charge in [-0.1, -0.05) is 11.8 Å². The van der Waals surface area contributed by atoms with E-state index in [2.05, 4.69) is 14.7 Å². The number of thioether (sulfide) groups is 1. The number of carbonyl (C=O) groups is 1. The van der Waals surface area contributed by atoms with Crippen LogP contribution in [0.2, 0.25) is 0 Å². The van der Waals surface area contributed by atoms with Crippen LogP contribution in [0.4, 0.5) is 0 Å². The number of oxazole rings is 1. The summed E-state index contributed by atoms with van der Waals surface area (Å²) in [5, 5.41) is 0.425. The molecular formula is C9H8N2O3S. The van der Waals surface area contributed by atoms with Gasteiger partial charge in [-0.3, -0.25) is 4.79 Å². The Morgan fingerprint density at radius 2 is 2.53 bits per heavy atom. The van der Waals surface area contributed by atoms with E-state index < -0.39 is 0 Å². The summed E-state index contributed by atoms with van der Waals surface area (Å²) in [4.78, 5) is 19.0. The molecule has 0 atom stereocenters. The zero-order valence-electron chi connectivity index (χ0n) is 7.97. The minimum atomic E-state index is -0.310. The monoisotopic (exact) mass is 224 g/mol. The lowest BCUT2D eigenvalue weighted by Crippen LogP contribution is -2.02. The Morgan fingerprint density at radius 1 is 1.67 bits per heavy atom. The van der Waals surface area contributed by atoms with Crippen molar-refractivity contribution in [3.8, 4) is 0 Å². The van der Waals surface area contributed by atoms with Gasteiger partial charge in [-0.25, -0.2) is 4.98 Å². The van der Waals surface area contributed by atoms with Crippen molar-refractivity contribution in [3.05, 3.63) is 18.3 Å². The third kappa shape index (κ3) is 2.27. The lowest BCUT2D eigenvalue weighted by atomic mass is 10.5. The molecule has 0 aromatic carbocycles. The number of hydrogen-bond donors (Lipinski definition) is 0. The van der Waals surface area contributed by atoms with Crippen LogP contribution < -0.4 is 0 Å². The SMILES string of the molecule is COC(=O)CSc1nc2ncccc2o1. The van der Waals surface area contributed by atoms with Crippen molar-refractivity contribution < 1.29 is 13.9 Å². The maximum atomic E-state index is 10.9. The van der Waals surface area contributed by atoms with E-state index in [1.807, 2.05) is 0 Å². The third-order valence-electron chi connectivity index (χ3n) is 1.69. The fourth-order valence-corrected chi connectivity index (χ4v) is 1.65. The van der Waals surface area contributed by atoms with Gasteiger partial charge >= 0.3 is 5.97 Å². The van der Waals surface area contributed by atoms with Crippen molar-refractivity contribution in [2.45, 2.75) is 5.22 Å². The highest BCUT2D eigenvalue weighted by Crippen LogP contribution is 2.21. The Kier molecular flexibility index (Phi) is 2.86. The number of ether oxygens (including phenoxy) is 1. The molecule has 6 heteroatoms. The minimum absolute atomic E-state index is 0.184. The topological polar surface area (TPSA) is 65.2 Å². The van der Waals surface area contributed by atoms with Gasteiger partial charge in [-0.05, 0) is 12.1 Å². The molecule has 2 heterocycles. The highest BCUT2D eigenvalue weighted by atomic mass is 32.2. The van der Waals surface area contributed by atoms with Crippen LogP contribution in [-0.2, 0) is 9.53 Å². The molecule has 0 fully saturated rings. The van der Waals surface area contributed by atoms with Gasteiger partial charge in [0, 0.05) is 6.20 Å². The Bertz CT molecular complexity index is 450. The largest absolute Gasteiger partial charge is 0.468 e. The fourth-order valence-electron chi connectivity index (χ4n) is 0.991. The maximum Gasteiger partial charge on any atom is 0.316 e. The van der Waals surface area contributed by atoms with E-state index in [0.29, 0.717) is 16.5 Å². The predicted molar refractivity (Wildman–Crippen MR) is 54.5 cm³/mol. The van der Waals surface area contributed by atoms with E-state index in [1.165, 1.54) is 18.9 Å². The first-order valence-electron chi connectivity index (χ1n) is 4.21. The zero-order valence-corrected chi connectivity index (χ0v) is 8.78. The van der Waals surface area contributed by atoms with E-state index in [4.69, 9.17) is 4.42 Å². The van der Waals surface area contributed by atoms with E-state index in [9.17, 15) is 4.79 Å². The first kappa shape index (κ1) is 9.97. The molecule has 0 aliphatic carbocycles. The van der Waals surface area contributed by atoms with E-state index in [-0.39, 0.29) is 11.7 Å². The highest BCUT2D eigenvalue weighted by Gasteiger charge is 2.09. The van der Waals surface area contributed by atoms with Crippen LogP contribution in [0.25, 0.3) is 11.2 Å². The molecule has 5 nitrogen and oxygen atoms in total. The quantitative estimate of drug-likeness (QED) is 0.581. The third-order valence-corrected chi connectivity index (χ3v) is 2.49. The molecule has 0 unspecified atom stereocenters. The molecule has 0 spiro atoms. The molecule has 0 bridgehead atoms. The van der Waals surface area contributed by atoms with E-state index >= 15 is 0 Å². The summed E-state index contributed by atoms with van der Waals surface area (Å²) in [6, 6.07) is 3.54. The molecule has 0 radical (unpaired) electrons. The molecule has 15 heavy (non-hydrogen) atoms. The molecule has 2 rings (SSSR count). The first-order chi connectivity index (χ1) is 7.29. The standard InChI is InChI=1S/C9H8N2O3S/c1-13-7(12)5-15-9-11-8-6(14-9)3-2-4-10-8/h2-4H,5H2,1H3. The summed E-state index contributed by atoms with van der Waals surface area (Å²) in [5.41, 5.74) is 1.16. The summed E-state index contributed by atoms with van der Waals surface area (Å²) in [6.07, 6.45) is 1.64. The van der Waals surface area contributed by atoms with Gasteiger partial charge in [0.25, 0.3) is 5.22 Å². The van der Waals surface area contributed by atoms with E-state index in [1.54, 1.807) is 18.3 Å². The van der Waals surface area contributed by atoms with Crippen molar-refractivity contribution in [3.63, 3.8) is 0 Å². The number of rotatable bonds is 3. The van der Waals surface area contributed by atoms with Crippen LogP contribution in [0, 0.1) is 0 Å². The normalized spacial score (nSPS) is 10.5. The van der Waals surface area contributed by atoms with E-state index in [0.717, 1.165) is 0 Å². The number of aromatic nitrogens is 2. The van der Waals surface area contributed by atoms with Crippen LogP contribution in [-0.4, -0.2) is 28.8 Å². The number of pyridine rings is 1. The summed E-state index contributed by atoms with van der Waals surface area (Å²) in [6.45, 7) is 0.